The van der Waals surface area contributed by atoms with Crippen LogP contribution in [0.15, 0.2) is 48.8 Å². The molecule has 0 radical (unpaired) electrons. The normalized spacial score (nSPS) is 13.7. The van der Waals surface area contributed by atoms with Crippen LogP contribution in [0.5, 0.6) is 0 Å². The van der Waals surface area contributed by atoms with E-state index in [2.05, 4.69) is 51.4 Å². The Morgan fingerprint density at radius 2 is 2.10 bits per heavy atom. The van der Waals surface area contributed by atoms with Gasteiger partial charge in [0.05, 0.1) is 29.4 Å². The number of hydrogen-bond donors (Lipinski definition) is 2. The lowest BCUT2D eigenvalue weighted by atomic mass is 9.99. The maximum atomic E-state index is 9.89. The molecule has 1 fully saturated rings. The Balaban J connectivity index is 1.56. The van der Waals surface area contributed by atoms with Gasteiger partial charge in [-0.3, -0.25) is 4.98 Å². The highest BCUT2D eigenvalue weighted by Crippen LogP contribution is 2.44. The quantitative estimate of drug-likeness (QED) is 0.530. The molecule has 0 amide bonds. The van der Waals surface area contributed by atoms with E-state index in [0.717, 1.165) is 46.1 Å². The summed E-state index contributed by atoms with van der Waals surface area (Å²) in [6.45, 7) is 0.533. The number of hydrogen-bond acceptors (Lipinski definition) is 4. The maximum Gasteiger partial charge on any atom is 0.0991 e. The molecule has 0 bridgehead atoms. The highest BCUT2D eigenvalue weighted by molar-refractivity contribution is 5.96. The Labute approximate surface area is 169 Å². The van der Waals surface area contributed by atoms with Crippen molar-refractivity contribution in [1.82, 2.24) is 9.55 Å². The predicted molar refractivity (Wildman–Crippen MR) is 115 cm³/mol. The number of benzene rings is 2. The molecule has 2 N–H and O–H groups in total. The van der Waals surface area contributed by atoms with Crippen LogP contribution in [0.25, 0.3) is 21.8 Å². The molecule has 4 aromatic rings. The summed E-state index contributed by atoms with van der Waals surface area (Å²) in [5.74, 6) is 0.492. The summed E-state index contributed by atoms with van der Waals surface area (Å²) >= 11 is 0. The number of rotatable bonds is 5. The molecule has 0 aliphatic heterocycles. The molecule has 0 saturated heterocycles. The molecule has 5 rings (SSSR count). The Hall–Kier alpha value is -3.36. The van der Waals surface area contributed by atoms with Gasteiger partial charge in [-0.2, -0.15) is 5.26 Å². The van der Waals surface area contributed by atoms with Crippen LogP contribution in [0.4, 0.5) is 5.69 Å². The number of aromatic nitrogens is 2. The van der Waals surface area contributed by atoms with Crippen LogP contribution in [-0.2, 0) is 20.2 Å². The van der Waals surface area contributed by atoms with Crippen LogP contribution in [0.2, 0.25) is 0 Å². The number of anilines is 1. The van der Waals surface area contributed by atoms with Gasteiger partial charge in [-0.15, -0.1) is 0 Å². The number of aliphatic hydroxyl groups is 1. The van der Waals surface area contributed by atoms with Crippen LogP contribution in [0, 0.1) is 11.3 Å². The molecule has 0 spiro atoms. The van der Waals surface area contributed by atoms with Gasteiger partial charge in [0.1, 0.15) is 0 Å². The fourth-order valence-electron chi connectivity index (χ4n) is 4.10. The number of aliphatic hydroxyl groups excluding tert-OH is 1. The zero-order valence-electron chi connectivity index (χ0n) is 16.3. The molecule has 2 aromatic carbocycles. The van der Waals surface area contributed by atoms with Gasteiger partial charge in [-0.05, 0) is 65.6 Å². The van der Waals surface area contributed by atoms with Gasteiger partial charge in [0, 0.05) is 42.5 Å². The first-order chi connectivity index (χ1) is 14.2. The van der Waals surface area contributed by atoms with Gasteiger partial charge in [0.25, 0.3) is 0 Å². The predicted octanol–water partition coefficient (Wildman–Crippen LogP) is 4.58. The summed E-state index contributed by atoms with van der Waals surface area (Å²) in [5, 5.41) is 25.0. The molecular weight excluding hydrogens is 360 g/mol. The van der Waals surface area contributed by atoms with Crippen molar-refractivity contribution in [3.63, 3.8) is 0 Å². The highest BCUT2D eigenvalue weighted by Gasteiger charge is 2.27. The summed E-state index contributed by atoms with van der Waals surface area (Å²) in [6.07, 6.45) is 6.11. The topological polar surface area (TPSA) is 73.9 Å². The number of nitrogens with one attached hydrogen (secondary N) is 1. The lowest BCUT2D eigenvalue weighted by Crippen LogP contribution is -2.05. The summed E-state index contributed by atoms with van der Waals surface area (Å²) in [7, 11) is 2.04. The Morgan fingerprint density at radius 3 is 2.86 bits per heavy atom. The average Bonchev–Trinajstić information content (AvgIpc) is 3.54. The van der Waals surface area contributed by atoms with E-state index in [1.54, 1.807) is 6.20 Å². The van der Waals surface area contributed by atoms with Crippen molar-refractivity contribution in [2.24, 2.45) is 7.05 Å². The van der Waals surface area contributed by atoms with Crippen molar-refractivity contribution in [3.8, 4) is 6.07 Å². The lowest BCUT2D eigenvalue weighted by molar-refractivity contribution is 0.282. The van der Waals surface area contributed by atoms with E-state index < -0.39 is 0 Å². The second kappa shape index (κ2) is 6.91. The van der Waals surface area contributed by atoms with Crippen LogP contribution in [-0.4, -0.2) is 14.7 Å². The third-order valence-corrected chi connectivity index (χ3v) is 5.81. The Bertz CT molecular complexity index is 1280. The van der Waals surface area contributed by atoms with Crippen LogP contribution < -0.4 is 5.32 Å². The molecule has 144 valence electrons. The second-order valence-electron chi connectivity index (χ2n) is 7.84. The second-order valence-corrected chi connectivity index (χ2v) is 7.84. The van der Waals surface area contributed by atoms with E-state index in [0.29, 0.717) is 18.0 Å². The van der Waals surface area contributed by atoms with Gasteiger partial charge in [0.15, 0.2) is 0 Å². The minimum absolute atomic E-state index is 0.0987. The SMILES string of the molecule is Cn1ccc2cc(CNc3c(CO)cnc4c(C5CC5)cc(C#N)cc34)ccc21. The number of pyridine rings is 1. The van der Waals surface area contributed by atoms with E-state index in [4.69, 9.17) is 0 Å². The van der Waals surface area contributed by atoms with E-state index in [1.807, 2.05) is 19.2 Å². The molecule has 2 aromatic heterocycles. The van der Waals surface area contributed by atoms with Gasteiger partial charge in [0.2, 0.25) is 0 Å². The van der Waals surface area contributed by atoms with Crippen molar-refractivity contribution in [3.05, 3.63) is 71.0 Å². The van der Waals surface area contributed by atoms with E-state index >= 15 is 0 Å². The summed E-state index contributed by atoms with van der Waals surface area (Å²) < 4.78 is 2.11. The van der Waals surface area contributed by atoms with E-state index in [-0.39, 0.29) is 6.61 Å². The van der Waals surface area contributed by atoms with Gasteiger partial charge in [-0.1, -0.05) is 6.07 Å². The Morgan fingerprint density at radius 1 is 1.24 bits per heavy atom. The minimum Gasteiger partial charge on any atom is -0.392 e. The first-order valence-electron chi connectivity index (χ1n) is 9.92. The molecule has 0 atom stereocenters. The lowest BCUT2D eigenvalue weighted by Gasteiger charge is -2.16. The van der Waals surface area contributed by atoms with E-state index in [1.165, 1.54) is 10.9 Å². The van der Waals surface area contributed by atoms with Crippen molar-refractivity contribution in [2.45, 2.75) is 31.9 Å². The van der Waals surface area contributed by atoms with E-state index in [9.17, 15) is 10.4 Å². The molecular formula is C24H22N4O. The van der Waals surface area contributed by atoms with Crippen molar-refractivity contribution >= 4 is 27.5 Å². The van der Waals surface area contributed by atoms with Gasteiger partial charge >= 0.3 is 0 Å². The van der Waals surface area contributed by atoms with Crippen LogP contribution in [0.3, 0.4) is 0 Å². The maximum absolute atomic E-state index is 9.89. The fourth-order valence-corrected chi connectivity index (χ4v) is 4.10. The molecule has 2 heterocycles. The molecule has 1 aliphatic rings. The smallest absolute Gasteiger partial charge is 0.0991 e. The van der Waals surface area contributed by atoms with Crippen LogP contribution >= 0.6 is 0 Å². The summed E-state index contributed by atoms with van der Waals surface area (Å²) in [4.78, 5) is 4.64. The zero-order valence-corrected chi connectivity index (χ0v) is 16.3. The number of nitrogens with zero attached hydrogens (tertiary/aromatic N) is 3. The average molecular weight is 382 g/mol. The monoisotopic (exact) mass is 382 g/mol. The van der Waals surface area contributed by atoms with Crippen LogP contribution in [0.1, 0.15) is 41.0 Å². The van der Waals surface area contributed by atoms with Crippen molar-refractivity contribution in [2.75, 3.05) is 5.32 Å². The highest BCUT2D eigenvalue weighted by atomic mass is 16.3. The van der Waals surface area contributed by atoms with Crippen molar-refractivity contribution in [1.29, 1.82) is 5.26 Å². The molecule has 0 unspecified atom stereocenters. The van der Waals surface area contributed by atoms with Crippen molar-refractivity contribution < 1.29 is 5.11 Å². The van der Waals surface area contributed by atoms with Gasteiger partial charge in [-0.25, -0.2) is 0 Å². The molecule has 5 heteroatoms. The Kier molecular flexibility index (Phi) is 4.22. The summed E-state index contributed by atoms with van der Waals surface area (Å²) in [6, 6.07) is 14.7. The van der Waals surface area contributed by atoms with Gasteiger partial charge < -0.3 is 15.0 Å². The third-order valence-electron chi connectivity index (χ3n) is 5.81. The largest absolute Gasteiger partial charge is 0.392 e. The molecule has 1 aliphatic carbocycles. The summed E-state index contributed by atoms with van der Waals surface area (Å²) in [5.41, 5.74) is 6.70. The number of aryl methyl sites for hydroxylation is 1. The number of nitriles is 1. The fraction of sp³-hybridized carbons (Fsp3) is 0.250. The number of fused-ring (bicyclic) bond motifs is 2. The molecule has 29 heavy (non-hydrogen) atoms. The first-order valence-corrected chi connectivity index (χ1v) is 9.92. The molecule has 1 saturated carbocycles. The third kappa shape index (κ3) is 3.12. The zero-order chi connectivity index (χ0) is 20.0. The standard InChI is InChI=1S/C24H22N4O/c1-28-7-6-18-8-15(2-5-22(18)28)12-26-23-19(14-29)13-27-24-20(17-3-4-17)9-16(11-25)10-21(23)24/h2,5-10,13,17,29H,3-4,12,14H2,1H3,(H,26,27). The minimum atomic E-state index is -0.0987. The first kappa shape index (κ1) is 17.7. The molecule has 5 nitrogen and oxygen atoms in total.